The van der Waals surface area contributed by atoms with Gasteiger partial charge in [-0.1, -0.05) is 0 Å². The molecule has 84 valence electrons. The maximum absolute atomic E-state index is 13.5. The van der Waals surface area contributed by atoms with Crippen molar-refractivity contribution in [2.75, 3.05) is 6.54 Å². The highest BCUT2D eigenvalue weighted by Crippen LogP contribution is 2.29. The lowest BCUT2D eigenvalue weighted by atomic mass is 10.1. The average Bonchev–Trinajstić information content (AvgIpc) is 2.65. The number of fused-ring (bicyclic) bond motifs is 3. The van der Waals surface area contributed by atoms with Crippen LogP contribution in [0.25, 0.3) is 10.9 Å². The monoisotopic (exact) mass is 226 g/mol. The van der Waals surface area contributed by atoms with Crippen LogP contribution < -0.4 is 5.32 Å². The maximum Gasteiger partial charge on any atom is 0.196 e. The van der Waals surface area contributed by atoms with Crippen molar-refractivity contribution in [1.82, 2.24) is 10.3 Å². The molecule has 5 heteroatoms. The first-order chi connectivity index (χ1) is 7.68. The maximum atomic E-state index is 13.5. The summed E-state index contributed by atoms with van der Waals surface area (Å²) in [4.78, 5) is 2.83. The first-order valence-corrected chi connectivity index (χ1v) is 5.06. The van der Waals surface area contributed by atoms with Crippen LogP contribution in [0, 0.1) is 17.5 Å². The summed E-state index contributed by atoms with van der Waals surface area (Å²) < 4.78 is 39.6. The quantitative estimate of drug-likeness (QED) is 0.662. The SMILES string of the molecule is Fc1cc2c3c([nH]c2c(F)c1F)CCNC3. The Hall–Kier alpha value is -1.49. The summed E-state index contributed by atoms with van der Waals surface area (Å²) >= 11 is 0. The highest BCUT2D eigenvalue weighted by atomic mass is 19.2. The summed E-state index contributed by atoms with van der Waals surface area (Å²) in [6.07, 6.45) is 0.715. The fourth-order valence-corrected chi connectivity index (χ4v) is 2.19. The van der Waals surface area contributed by atoms with Crippen LogP contribution in [-0.4, -0.2) is 11.5 Å². The van der Waals surface area contributed by atoms with Gasteiger partial charge in [0, 0.05) is 30.6 Å². The smallest absolute Gasteiger partial charge is 0.196 e. The van der Waals surface area contributed by atoms with E-state index in [2.05, 4.69) is 10.3 Å². The Morgan fingerprint density at radius 3 is 2.75 bits per heavy atom. The van der Waals surface area contributed by atoms with Gasteiger partial charge in [0.2, 0.25) is 0 Å². The van der Waals surface area contributed by atoms with Crippen LogP contribution in [0.15, 0.2) is 6.07 Å². The van der Waals surface area contributed by atoms with Crippen LogP contribution in [0.1, 0.15) is 11.3 Å². The Morgan fingerprint density at radius 2 is 1.94 bits per heavy atom. The summed E-state index contributed by atoms with van der Waals surface area (Å²) in [5.74, 6) is -3.69. The van der Waals surface area contributed by atoms with Crippen LogP contribution in [0.5, 0.6) is 0 Å². The number of hydrogen-bond donors (Lipinski definition) is 2. The molecule has 1 aliphatic rings. The molecular formula is C11H9F3N2. The lowest BCUT2D eigenvalue weighted by Gasteiger charge is -2.12. The zero-order chi connectivity index (χ0) is 11.3. The molecule has 2 heterocycles. The minimum absolute atomic E-state index is 0.0626. The minimum Gasteiger partial charge on any atom is -0.356 e. The van der Waals surface area contributed by atoms with Crippen molar-refractivity contribution in [2.45, 2.75) is 13.0 Å². The molecule has 0 saturated heterocycles. The van der Waals surface area contributed by atoms with Crippen LogP contribution in [0.3, 0.4) is 0 Å². The molecule has 2 N–H and O–H groups in total. The molecule has 16 heavy (non-hydrogen) atoms. The minimum atomic E-state index is -1.42. The van der Waals surface area contributed by atoms with E-state index in [9.17, 15) is 13.2 Å². The summed E-state index contributed by atoms with van der Waals surface area (Å²) in [7, 11) is 0. The van der Waals surface area contributed by atoms with E-state index < -0.39 is 17.5 Å². The van der Waals surface area contributed by atoms with Gasteiger partial charge in [-0.2, -0.15) is 0 Å². The van der Waals surface area contributed by atoms with Gasteiger partial charge >= 0.3 is 0 Å². The molecule has 1 aliphatic heterocycles. The summed E-state index contributed by atoms with van der Waals surface area (Å²) in [5.41, 5.74) is 1.75. The molecule has 0 aliphatic carbocycles. The number of nitrogens with one attached hydrogen (secondary N) is 2. The molecule has 0 atom stereocenters. The summed E-state index contributed by atoms with van der Waals surface area (Å²) in [6, 6.07) is 1.05. The number of halogens is 3. The third-order valence-corrected chi connectivity index (χ3v) is 2.98. The zero-order valence-corrected chi connectivity index (χ0v) is 8.33. The predicted octanol–water partition coefficient (Wildman–Crippen LogP) is 2.23. The van der Waals surface area contributed by atoms with E-state index in [1.807, 2.05) is 0 Å². The third-order valence-electron chi connectivity index (χ3n) is 2.98. The van der Waals surface area contributed by atoms with E-state index in [4.69, 9.17) is 0 Å². The van der Waals surface area contributed by atoms with E-state index in [0.717, 1.165) is 23.9 Å². The molecule has 3 rings (SSSR count). The predicted molar refractivity (Wildman–Crippen MR) is 53.6 cm³/mol. The van der Waals surface area contributed by atoms with Gasteiger partial charge < -0.3 is 10.3 Å². The molecular weight excluding hydrogens is 217 g/mol. The Bertz CT molecular complexity index is 574. The lowest BCUT2D eigenvalue weighted by molar-refractivity contribution is 0.453. The van der Waals surface area contributed by atoms with Crippen LogP contribution in [0.4, 0.5) is 13.2 Å². The fourth-order valence-electron chi connectivity index (χ4n) is 2.19. The van der Waals surface area contributed by atoms with Crippen LogP contribution in [0.2, 0.25) is 0 Å². The molecule has 0 spiro atoms. The van der Waals surface area contributed by atoms with Gasteiger partial charge in [0.25, 0.3) is 0 Å². The highest BCUT2D eigenvalue weighted by molar-refractivity contribution is 5.85. The molecule has 0 radical (unpaired) electrons. The number of rotatable bonds is 0. The molecule has 1 aromatic heterocycles. The van der Waals surface area contributed by atoms with Crippen molar-refractivity contribution in [3.63, 3.8) is 0 Å². The Balaban J connectivity index is 2.39. The van der Waals surface area contributed by atoms with Crippen molar-refractivity contribution in [3.8, 4) is 0 Å². The molecule has 0 saturated carbocycles. The molecule has 0 bridgehead atoms. The largest absolute Gasteiger partial charge is 0.356 e. The molecule has 2 nitrogen and oxygen atoms in total. The van der Waals surface area contributed by atoms with Gasteiger partial charge in [-0.15, -0.1) is 0 Å². The van der Waals surface area contributed by atoms with Gasteiger partial charge in [0.05, 0.1) is 5.52 Å². The molecule has 0 fully saturated rings. The van der Waals surface area contributed by atoms with Crippen molar-refractivity contribution in [2.24, 2.45) is 0 Å². The standard InChI is InChI=1S/C11H9F3N2/c12-7-3-5-6-4-15-2-1-8(6)16-11(5)10(14)9(7)13/h3,15-16H,1-2,4H2. The highest BCUT2D eigenvalue weighted by Gasteiger charge is 2.21. The van der Waals surface area contributed by atoms with E-state index in [-0.39, 0.29) is 5.52 Å². The van der Waals surface area contributed by atoms with Gasteiger partial charge in [0.1, 0.15) is 0 Å². The van der Waals surface area contributed by atoms with E-state index in [1.165, 1.54) is 0 Å². The van der Waals surface area contributed by atoms with Gasteiger partial charge in [0.15, 0.2) is 17.5 Å². The van der Waals surface area contributed by atoms with E-state index >= 15 is 0 Å². The molecule has 1 aromatic carbocycles. The first kappa shape index (κ1) is 9.72. The Kier molecular flexibility index (Phi) is 1.97. The Morgan fingerprint density at radius 1 is 1.12 bits per heavy atom. The number of hydrogen-bond acceptors (Lipinski definition) is 1. The van der Waals surface area contributed by atoms with Crippen molar-refractivity contribution < 1.29 is 13.2 Å². The normalized spacial score (nSPS) is 15.4. The number of H-pyrrole nitrogens is 1. The fraction of sp³-hybridized carbons (Fsp3) is 0.273. The number of benzene rings is 1. The van der Waals surface area contributed by atoms with Gasteiger partial charge in [-0.25, -0.2) is 13.2 Å². The lowest BCUT2D eigenvalue weighted by Crippen LogP contribution is -2.22. The molecule has 0 unspecified atom stereocenters. The van der Waals surface area contributed by atoms with Crippen molar-refractivity contribution in [3.05, 3.63) is 34.8 Å². The van der Waals surface area contributed by atoms with Crippen LogP contribution >= 0.6 is 0 Å². The number of aromatic amines is 1. The van der Waals surface area contributed by atoms with Gasteiger partial charge in [-0.05, 0) is 11.6 Å². The van der Waals surface area contributed by atoms with E-state index in [0.29, 0.717) is 18.4 Å². The Labute approximate surface area is 89.5 Å². The van der Waals surface area contributed by atoms with Crippen molar-refractivity contribution >= 4 is 10.9 Å². The number of aromatic nitrogens is 1. The first-order valence-electron chi connectivity index (χ1n) is 5.06. The third kappa shape index (κ3) is 1.18. The molecule has 2 aromatic rings. The molecule has 0 amide bonds. The topological polar surface area (TPSA) is 27.8 Å². The van der Waals surface area contributed by atoms with Gasteiger partial charge in [-0.3, -0.25) is 0 Å². The summed E-state index contributed by atoms with van der Waals surface area (Å²) in [6.45, 7) is 1.34. The van der Waals surface area contributed by atoms with Crippen LogP contribution in [-0.2, 0) is 13.0 Å². The zero-order valence-electron chi connectivity index (χ0n) is 8.33. The average molecular weight is 226 g/mol. The van der Waals surface area contributed by atoms with E-state index in [1.54, 1.807) is 0 Å². The second-order valence-corrected chi connectivity index (χ2v) is 3.92. The van der Waals surface area contributed by atoms with Crippen molar-refractivity contribution in [1.29, 1.82) is 0 Å². The second-order valence-electron chi connectivity index (χ2n) is 3.92. The second kappa shape index (κ2) is 3.25. The summed E-state index contributed by atoms with van der Waals surface area (Å²) in [5, 5.41) is 3.54.